The van der Waals surface area contributed by atoms with E-state index in [-0.39, 0.29) is 5.92 Å². The highest BCUT2D eigenvalue weighted by Crippen LogP contribution is 2.33. The summed E-state index contributed by atoms with van der Waals surface area (Å²) < 4.78 is 1.63. The molecule has 0 amide bonds. The summed E-state index contributed by atoms with van der Waals surface area (Å²) in [5.74, 6) is -0.297. The normalized spacial score (nSPS) is 17.0. The quantitative estimate of drug-likeness (QED) is 0.910. The number of hydrogen-bond donors (Lipinski definition) is 1. The standard InChI is InChI=1S/C15H18N4O2/c20-15(21)13(11-6-4-5-7-11)10-14-16-17-18-19(14)12-8-2-1-3-9-12/h1-3,8-9,11,13H,4-7,10H2,(H,20,21). The average molecular weight is 286 g/mol. The lowest BCUT2D eigenvalue weighted by Crippen LogP contribution is -2.25. The molecule has 6 heteroatoms. The molecule has 1 fully saturated rings. The number of nitrogens with zero attached hydrogens (tertiary/aromatic N) is 4. The van der Waals surface area contributed by atoms with Gasteiger partial charge < -0.3 is 5.11 Å². The van der Waals surface area contributed by atoms with Gasteiger partial charge in [-0.2, -0.15) is 4.68 Å². The highest BCUT2D eigenvalue weighted by molar-refractivity contribution is 5.70. The van der Waals surface area contributed by atoms with Crippen molar-refractivity contribution in [2.75, 3.05) is 0 Å². The molecule has 0 spiro atoms. The molecule has 1 aromatic heterocycles. The van der Waals surface area contributed by atoms with Crippen LogP contribution in [-0.4, -0.2) is 31.3 Å². The second kappa shape index (κ2) is 6.03. The van der Waals surface area contributed by atoms with E-state index in [1.807, 2.05) is 30.3 Å². The predicted octanol–water partition coefficient (Wildman–Crippen LogP) is 2.10. The van der Waals surface area contributed by atoms with E-state index in [1.165, 1.54) is 0 Å². The van der Waals surface area contributed by atoms with Crippen molar-refractivity contribution >= 4 is 5.97 Å². The van der Waals surface area contributed by atoms with Crippen LogP contribution >= 0.6 is 0 Å². The van der Waals surface area contributed by atoms with Crippen LogP contribution in [0.15, 0.2) is 30.3 Å². The highest BCUT2D eigenvalue weighted by atomic mass is 16.4. The molecular formula is C15H18N4O2. The summed E-state index contributed by atoms with van der Waals surface area (Å²) in [6.07, 6.45) is 4.60. The maximum absolute atomic E-state index is 11.6. The summed E-state index contributed by atoms with van der Waals surface area (Å²) >= 11 is 0. The largest absolute Gasteiger partial charge is 0.481 e. The van der Waals surface area contributed by atoms with Crippen LogP contribution in [0.25, 0.3) is 5.69 Å². The zero-order valence-corrected chi connectivity index (χ0v) is 11.7. The maximum atomic E-state index is 11.6. The van der Waals surface area contributed by atoms with Crippen molar-refractivity contribution in [3.8, 4) is 5.69 Å². The molecule has 0 aliphatic heterocycles. The van der Waals surface area contributed by atoms with Gasteiger partial charge in [0.25, 0.3) is 0 Å². The number of rotatable bonds is 5. The van der Waals surface area contributed by atoms with Crippen LogP contribution in [0.4, 0.5) is 0 Å². The van der Waals surface area contributed by atoms with E-state index in [2.05, 4.69) is 15.5 Å². The first-order chi connectivity index (χ1) is 10.3. The number of tetrazole rings is 1. The fraction of sp³-hybridized carbons (Fsp3) is 0.467. The molecule has 2 aromatic rings. The van der Waals surface area contributed by atoms with E-state index in [9.17, 15) is 9.90 Å². The molecule has 1 heterocycles. The summed E-state index contributed by atoms with van der Waals surface area (Å²) in [5.41, 5.74) is 0.855. The second-order valence-corrected chi connectivity index (χ2v) is 5.54. The molecule has 0 saturated heterocycles. The lowest BCUT2D eigenvalue weighted by atomic mass is 9.88. The van der Waals surface area contributed by atoms with Gasteiger partial charge in [0.2, 0.25) is 0 Å². The van der Waals surface area contributed by atoms with Gasteiger partial charge in [-0.15, -0.1) is 5.10 Å². The van der Waals surface area contributed by atoms with Crippen molar-refractivity contribution < 1.29 is 9.90 Å². The molecule has 1 aliphatic rings. The summed E-state index contributed by atoms with van der Waals surface area (Å²) in [7, 11) is 0. The van der Waals surface area contributed by atoms with Gasteiger partial charge in [-0.05, 0) is 41.3 Å². The van der Waals surface area contributed by atoms with E-state index < -0.39 is 11.9 Å². The minimum atomic E-state index is -0.746. The average Bonchev–Trinajstić information content (AvgIpc) is 3.17. The zero-order valence-electron chi connectivity index (χ0n) is 11.7. The number of carboxylic acid groups (broad SMARTS) is 1. The van der Waals surface area contributed by atoms with Gasteiger partial charge in [-0.1, -0.05) is 31.0 Å². The third-order valence-corrected chi connectivity index (χ3v) is 4.22. The first-order valence-electron chi connectivity index (χ1n) is 7.31. The Kier molecular flexibility index (Phi) is 3.94. The van der Waals surface area contributed by atoms with Crippen molar-refractivity contribution in [2.45, 2.75) is 32.1 Å². The number of para-hydroxylation sites is 1. The fourth-order valence-corrected chi connectivity index (χ4v) is 3.11. The monoisotopic (exact) mass is 286 g/mol. The third-order valence-electron chi connectivity index (χ3n) is 4.22. The molecule has 1 atom stereocenters. The molecule has 1 saturated carbocycles. The fourth-order valence-electron chi connectivity index (χ4n) is 3.11. The maximum Gasteiger partial charge on any atom is 0.307 e. The molecule has 1 aromatic carbocycles. The van der Waals surface area contributed by atoms with Gasteiger partial charge in [0.05, 0.1) is 11.6 Å². The zero-order chi connectivity index (χ0) is 14.7. The van der Waals surface area contributed by atoms with Crippen LogP contribution in [-0.2, 0) is 11.2 Å². The van der Waals surface area contributed by atoms with E-state index >= 15 is 0 Å². The number of benzene rings is 1. The Bertz CT molecular complexity index is 605. The van der Waals surface area contributed by atoms with E-state index in [4.69, 9.17) is 0 Å². The van der Waals surface area contributed by atoms with Crippen LogP contribution in [0.1, 0.15) is 31.5 Å². The van der Waals surface area contributed by atoms with E-state index in [0.29, 0.717) is 12.2 Å². The molecule has 3 rings (SSSR count). The molecule has 1 unspecified atom stereocenters. The van der Waals surface area contributed by atoms with E-state index in [0.717, 1.165) is 31.4 Å². The summed E-state index contributed by atoms with van der Waals surface area (Å²) in [6.45, 7) is 0. The van der Waals surface area contributed by atoms with Gasteiger partial charge >= 0.3 is 5.97 Å². The Morgan fingerprint density at radius 3 is 2.67 bits per heavy atom. The van der Waals surface area contributed by atoms with Crippen LogP contribution in [0.5, 0.6) is 0 Å². The Hall–Kier alpha value is -2.24. The predicted molar refractivity (Wildman–Crippen MR) is 75.9 cm³/mol. The van der Waals surface area contributed by atoms with Crippen LogP contribution in [0, 0.1) is 11.8 Å². The number of aliphatic carboxylic acids is 1. The van der Waals surface area contributed by atoms with Crippen LogP contribution in [0.3, 0.4) is 0 Å². The Morgan fingerprint density at radius 1 is 1.29 bits per heavy atom. The summed E-state index contributed by atoms with van der Waals surface area (Å²) in [5, 5.41) is 21.2. The molecule has 21 heavy (non-hydrogen) atoms. The lowest BCUT2D eigenvalue weighted by Gasteiger charge is -2.18. The highest BCUT2D eigenvalue weighted by Gasteiger charge is 2.32. The minimum absolute atomic E-state index is 0.239. The summed E-state index contributed by atoms with van der Waals surface area (Å²) in [4.78, 5) is 11.6. The number of carboxylic acids is 1. The smallest absolute Gasteiger partial charge is 0.307 e. The number of hydrogen-bond acceptors (Lipinski definition) is 4. The van der Waals surface area contributed by atoms with Gasteiger partial charge in [0.1, 0.15) is 0 Å². The van der Waals surface area contributed by atoms with Crippen LogP contribution in [0.2, 0.25) is 0 Å². The van der Waals surface area contributed by atoms with Gasteiger partial charge in [0, 0.05) is 6.42 Å². The number of carbonyl (C=O) groups is 1. The Balaban J connectivity index is 1.84. The van der Waals surface area contributed by atoms with Crippen molar-refractivity contribution in [1.82, 2.24) is 20.2 Å². The van der Waals surface area contributed by atoms with Gasteiger partial charge in [-0.25, -0.2) is 0 Å². The second-order valence-electron chi connectivity index (χ2n) is 5.54. The van der Waals surface area contributed by atoms with Crippen molar-refractivity contribution in [2.24, 2.45) is 11.8 Å². The molecule has 1 N–H and O–H groups in total. The summed E-state index contributed by atoms with van der Waals surface area (Å²) in [6, 6.07) is 9.56. The minimum Gasteiger partial charge on any atom is -0.481 e. The molecule has 110 valence electrons. The van der Waals surface area contributed by atoms with Crippen molar-refractivity contribution in [3.05, 3.63) is 36.2 Å². The molecule has 0 radical (unpaired) electrons. The van der Waals surface area contributed by atoms with Gasteiger partial charge in [-0.3, -0.25) is 4.79 Å². The van der Waals surface area contributed by atoms with Crippen LogP contribution < -0.4 is 0 Å². The first kappa shape index (κ1) is 13.7. The van der Waals surface area contributed by atoms with E-state index in [1.54, 1.807) is 4.68 Å². The first-order valence-corrected chi connectivity index (χ1v) is 7.31. The molecule has 0 bridgehead atoms. The third kappa shape index (κ3) is 2.94. The molecule has 6 nitrogen and oxygen atoms in total. The van der Waals surface area contributed by atoms with Gasteiger partial charge in [0.15, 0.2) is 5.82 Å². The Morgan fingerprint density at radius 2 is 2.00 bits per heavy atom. The Labute approximate surface area is 122 Å². The number of aromatic nitrogens is 4. The molecule has 1 aliphatic carbocycles. The topological polar surface area (TPSA) is 80.9 Å². The lowest BCUT2D eigenvalue weighted by molar-refractivity contribution is -0.143. The van der Waals surface area contributed by atoms with Crippen molar-refractivity contribution in [1.29, 1.82) is 0 Å². The SMILES string of the molecule is O=C(O)C(Cc1nnnn1-c1ccccc1)C1CCCC1. The molecular weight excluding hydrogens is 268 g/mol. The van der Waals surface area contributed by atoms with Crippen molar-refractivity contribution in [3.63, 3.8) is 0 Å².